The number of nitrogens with one attached hydrogen (secondary N) is 1. The minimum absolute atomic E-state index is 0.0464. The van der Waals surface area contributed by atoms with Crippen molar-refractivity contribution in [1.29, 1.82) is 0 Å². The highest BCUT2D eigenvalue weighted by atomic mass is 35.5. The first-order valence-electron chi connectivity index (χ1n) is 5.10. The maximum atomic E-state index is 11.8. The molecule has 0 aliphatic rings. The Hall–Kier alpha value is -0.740. The number of halogens is 1. The van der Waals surface area contributed by atoms with E-state index >= 15 is 0 Å². The molecule has 0 saturated carbocycles. The largest absolute Gasteiger partial charge is 0.495 e. The lowest BCUT2D eigenvalue weighted by Crippen LogP contribution is -2.31. The number of amides is 1. The molecule has 16 heavy (non-hydrogen) atoms. The van der Waals surface area contributed by atoms with E-state index in [9.17, 15) is 4.79 Å². The van der Waals surface area contributed by atoms with Crippen LogP contribution < -0.4 is 10.1 Å². The summed E-state index contributed by atoms with van der Waals surface area (Å²) in [6, 6.07) is 1.78. The van der Waals surface area contributed by atoms with Gasteiger partial charge in [-0.1, -0.05) is 13.8 Å². The molecule has 1 amide bonds. The van der Waals surface area contributed by atoms with Gasteiger partial charge in [-0.25, -0.2) is 0 Å². The molecule has 0 fully saturated rings. The quantitative estimate of drug-likeness (QED) is 0.828. The van der Waals surface area contributed by atoms with Crippen molar-refractivity contribution in [3.8, 4) is 5.75 Å². The van der Waals surface area contributed by atoms with E-state index in [2.05, 4.69) is 5.32 Å². The molecule has 3 nitrogen and oxygen atoms in total. The van der Waals surface area contributed by atoms with Crippen molar-refractivity contribution in [3.63, 3.8) is 0 Å². The van der Waals surface area contributed by atoms with Gasteiger partial charge in [0.15, 0.2) is 0 Å². The number of methoxy groups -OCH3 is 1. The highest BCUT2D eigenvalue weighted by molar-refractivity contribution is 7.12. The van der Waals surface area contributed by atoms with Crippen LogP contribution in [0.5, 0.6) is 5.75 Å². The number of thiophene rings is 1. The molecule has 1 heterocycles. The van der Waals surface area contributed by atoms with Crippen LogP contribution in [0.1, 0.15) is 23.5 Å². The molecule has 1 N–H and O–H groups in total. The standard InChI is InChI=1S/C11H16ClNO2S/c1-7(2)8(12)6-13-11(14)10-9(15-3)4-5-16-10/h4-5,7-8H,6H2,1-3H3,(H,13,14). The highest BCUT2D eigenvalue weighted by Gasteiger charge is 2.16. The highest BCUT2D eigenvalue weighted by Crippen LogP contribution is 2.24. The Morgan fingerprint density at radius 1 is 1.62 bits per heavy atom. The molecule has 0 aliphatic carbocycles. The Balaban J connectivity index is 2.53. The minimum Gasteiger partial charge on any atom is -0.495 e. The predicted molar refractivity (Wildman–Crippen MR) is 67.7 cm³/mol. The topological polar surface area (TPSA) is 38.3 Å². The molecular formula is C11H16ClNO2S. The molecule has 0 bridgehead atoms. The van der Waals surface area contributed by atoms with Crippen LogP contribution in [-0.2, 0) is 0 Å². The average molecular weight is 262 g/mol. The van der Waals surface area contributed by atoms with Gasteiger partial charge in [-0.3, -0.25) is 4.79 Å². The van der Waals surface area contributed by atoms with Crippen molar-refractivity contribution in [2.75, 3.05) is 13.7 Å². The fourth-order valence-corrected chi connectivity index (χ4v) is 1.98. The van der Waals surface area contributed by atoms with Gasteiger partial charge in [0, 0.05) is 6.54 Å². The normalized spacial score (nSPS) is 12.6. The van der Waals surface area contributed by atoms with E-state index in [1.807, 2.05) is 19.2 Å². The Kier molecular flexibility index (Phi) is 5.09. The van der Waals surface area contributed by atoms with E-state index in [0.717, 1.165) is 0 Å². The van der Waals surface area contributed by atoms with Crippen molar-refractivity contribution in [1.82, 2.24) is 5.32 Å². The summed E-state index contributed by atoms with van der Waals surface area (Å²) >= 11 is 7.41. The lowest BCUT2D eigenvalue weighted by molar-refractivity contribution is 0.0954. The molecule has 0 radical (unpaired) electrons. The van der Waals surface area contributed by atoms with Gasteiger partial charge < -0.3 is 10.1 Å². The third-order valence-corrected chi connectivity index (χ3v) is 3.79. The van der Waals surface area contributed by atoms with Crippen LogP contribution in [0.4, 0.5) is 0 Å². The molecule has 90 valence electrons. The summed E-state index contributed by atoms with van der Waals surface area (Å²) in [5.74, 6) is 0.823. The molecule has 0 aromatic carbocycles. The second kappa shape index (κ2) is 6.11. The van der Waals surface area contributed by atoms with Gasteiger partial charge in [0.25, 0.3) is 5.91 Å². The number of ether oxygens (including phenoxy) is 1. The zero-order valence-corrected chi connectivity index (χ0v) is 11.2. The van der Waals surface area contributed by atoms with Gasteiger partial charge >= 0.3 is 0 Å². The average Bonchev–Trinajstić information content (AvgIpc) is 2.73. The van der Waals surface area contributed by atoms with Gasteiger partial charge in [-0.2, -0.15) is 0 Å². The number of hydrogen-bond donors (Lipinski definition) is 1. The first kappa shape index (κ1) is 13.3. The minimum atomic E-state index is -0.127. The van der Waals surface area contributed by atoms with Gasteiger partial charge in [-0.05, 0) is 17.4 Å². The molecule has 5 heteroatoms. The summed E-state index contributed by atoms with van der Waals surface area (Å²) < 4.78 is 5.08. The van der Waals surface area contributed by atoms with E-state index < -0.39 is 0 Å². The summed E-state index contributed by atoms with van der Waals surface area (Å²) in [6.07, 6.45) is 0. The Morgan fingerprint density at radius 3 is 2.88 bits per heavy atom. The molecular weight excluding hydrogens is 246 g/mol. The van der Waals surface area contributed by atoms with Gasteiger partial charge in [-0.15, -0.1) is 22.9 Å². The first-order chi connectivity index (χ1) is 7.56. The summed E-state index contributed by atoms with van der Waals surface area (Å²) in [7, 11) is 1.55. The first-order valence-corrected chi connectivity index (χ1v) is 6.41. The van der Waals surface area contributed by atoms with Gasteiger partial charge in [0.05, 0.1) is 12.5 Å². The van der Waals surface area contributed by atoms with Crippen molar-refractivity contribution >= 4 is 28.8 Å². The Labute approximate surface area is 105 Å². The number of rotatable bonds is 5. The molecule has 0 spiro atoms. The monoisotopic (exact) mass is 261 g/mol. The van der Waals surface area contributed by atoms with Crippen LogP contribution >= 0.6 is 22.9 Å². The maximum Gasteiger partial charge on any atom is 0.265 e. The second-order valence-electron chi connectivity index (χ2n) is 3.79. The van der Waals surface area contributed by atoms with Crippen LogP contribution in [0.15, 0.2) is 11.4 Å². The fourth-order valence-electron chi connectivity index (χ4n) is 1.13. The van der Waals surface area contributed by atoms with E-state index in [0.29, 0.717) is 23.1 Å². The number of carbonyl (C=O) groups is 1. The predicted octanol–water partition coefficient (Wildman–Crippen LogP) is 2.75. The molecule has 1 aromatic rings. The van der Waals surface area contributed by atoms with Crippen molar-refractivity contribution in [2.24, 2.45) is 5.92 Å². The number of hydrogen-bond acceptors (Lipinski definition) is 3. The fraction of sp³-hybridized carbons (Fsp3) is 0.545. The molecule has 1 aromatic heterocycles. The maximum absolute atomic E-state index is 11.8. The van der Waals surface area contributed by atoms with E-state index in [4.69, 9.17) is 16.3 Å². The Morgan fingerprint density at radius 2 is 2.31 bits per heavy atom. The molecule has 0 aliphatic heterocycles. The van der Waals surface area contributed by atoms with E-state index in [1.54, 1.807) is 13.2 Å². The lowest BCUT2D eigenvalue weighted by atomic mass is 10.1. The van der Waals surface area contributed by atoms with Crippen molar-refractivity contribution in [3.05, 3.63) is 16.3 Å². The van der Waals surface area contributed by atoms with Crippen molar-refractivity contribution in [2.45, 2.75) is 19.2 Å². The van der Waals surface area contributed by atoms with Gasteiger partial charge in [0.2, 0.25) is 0 Å². The smallest absolute Gasteiger partial charge is 0.265 e. The summed E-state index contributed by atoms with van der Waals surface area (Å²) in [5, 5.41) is 4.58. The second-order valence-corrected chi connectivity index (χ2v) is 5.26. The molecule has 1 atom stereocenters. The number of alkyl halides is 1. The van der Waals surface area contributed by atoms with Crippen LogP contribution in [-0.4, -0.2) is 24.9 Å². The zero-order valence-electron chi connectivity index (χ0n) is 9.62. The number of carbonyl (C=O) groups excluding carboxylic acids is 1. The van der Waals surface area contributed by atoms with Crippen LogP contribution in [0.3, 0.4) is 0 Å². The van der Waals surface area contributed by atoms with E-state index in [1.165, 1.54) is 11.3 Å². The third-order valence-electron chi connectivity index (χ3n) is 2.24. The zero-order chi connectivity index (χ0) is 12.1. The Bertz CT molecular complexity index is 352. The van der Waals surface area contributed by atoms with Crippen LogP contribution in [0.2, 0.25) is 0 Å². The van der Waals surface area contributed by atoms with Crippen molar-refractivity contribution < 1.29 is 9.53 Å². The molecule has 1 unspecified atom stereocenters. The summed E-state index contributed by atoms with van der Waals surface area (Å²) in [6.45, 7) is 4.52. The van der Waals surface area contributed by atoms with Gasteiger partial charge in [0.1, 0.15) is 10.6 Å². The van der Waals surface area contributed by atoms with Crippen LogP contribution in [0.25, 0.3) is 0 Å². The lowest BCUT2D eigenvalue weighted by Gasteiger charge is -2.13. The van der Waals surface area contributed by atoms with Crippen LogP contribution in [0, 0.1) is 5.92 Å². The van der Waals surface area contributed by atoms with E-state index in [-0.39, 0.29) is 11.3 Å². The summed E-state index contributed by atoms with van der Waals surface area (Å²) in [5.41, 5.74) is 0. The summed E-state index contributed by atoms with van der Waals surface area (Å²) in [4.78, 5) is 12.4. The SMILES string of the molecule is COc1ccsc1C(=O)NCC(Cl)C(C)C. The molecule has 0 saturated heterocycles. The third kappa shape index (κ3) is 3.39. The molecule has 1 rings (SSSR count).